The van der Waals surface area contributed by atoms with Crippen molar-refractivity contribution in [1.82, 2.24) is 4.90 Å². The maximum atomic E-state index is 11.9. The molecule has 2 aromatic rings. The summed E-state index contributed by atoms with van der Waals surface area (Å²) in [5.74, 6) is 0.782. The molecule has 0 fully saturated rings. The SMILES string of the molecule is Cc1c(C)c2ccc(OCC[C@H](C)N(C)C)c(C)c2oc1=O.Cl. The molecule has 23 heavy (non-hydrogen) atoms. The molecule has 1 aromatic heterocycles. The molecule has 4 nitrogen and oxygen atoms in total. The molecule has 1 atom stereocenters. The second-order valence-electron chi connectivity index (χ2n) is 6.15. The number of hydrogen-bond acceptors (Lipinski definition) is 4. The minimum absolute atomic E-state index is 0. The van der Waals surface area contributed by atoms with Crippen molar-refractivity contribution in [2.75, 3.05) is 20.7 Å². The van der Waals surface area contributed by atoms with Gasteiger partial charge in [-0.3, -0.25) is 0 Å². The molecule has 5 heteroatoms. The number of hydrogen-bond donors (Lipinski definition) is 0. The van der Waals surface area contributed by atoms with Crippen LogP contribution in [0.25, 0.3) is 11.0 Å². The van der Waals surface area contributed by atoms with Gasteiger partial charge < -0.3 is 14.1 Å². The summed E-state index contributed by atoms with van der Waals surface area (Å²) in [6, 6.07) is 4.39. The van der Waals surface area contributed by atoms with Gasteiger partial charge in [0.1, 0.15) is 11.3 Å². The Kier molecular flexibility index (Phi) is 6.66. The number of aryl methyl sites for hydroxylation is 2. The molecule has 0 bridgehead atoms. The van der Waals surface area contributed by atoms with Gasteiger partial charge in [0.25, 0.3) is 0 Å². The first-order valence-electron chi connectivity index (χ1n) is 7.65. The fourth-order valence-corrected chi connectivity index (χ4v) is 2.38. The minimum atomic E-state index is -0.272. The van der Waals surface area contributed by atoms with Crippen LogP contribution in [0.4, 0.5) is 0 Å². The average molecular weight is 340 g/mol. The summed E-state index contributed by atoms with van der Waals surface area (Å²) in [6.07, 6.45) is 0.946. The predicted octanol–water partition coefficient (Wildman–Crippen LogP) is 3.86. The van der Waals surface area contributed by atoms with Crippen LogP contribution in [0.15, 0.2) is 21.3 Å². The van der Waals surface area contributed by atoms with E-state index in [1.165, 1.54) is 0 Å². The highest BCUT2D eigenvalue weighted by Crippen LogP contribution is 2.29. The normalized spacial score (nSPS) is 12.3. The first-order valence-corrected chi connectivity index (χ1v) is 7.65. The summed E-state index contributed by atoms with van der Waals surface area (Å²) < 4.78 is 11.4. The van der Waals surface area contributed by atoms with E-state index in [4.69, 9.17) is 9.15 Å². The largest absolute Gasteiger partial charge is 0.493 e. The Hall–Kier alpha value is -1.52. The van der Waals surface area contributed by atoms with Crippen LogP contribution in [-0.2, 0) is 0 Å². The molecule has 2 rings (SSSR count). The average Bonchev–Trinajstić information content (AvgIpc) is 2.47. The number of rotatable bonds is 5. The van der Waals surface area contributed by atoms with Gasteiger partial charge in [0.15, 0.2) is 0 Å². The lowest BCUT2D eigenvalue weighted by Gasteiger charge is -2.20. The third-order valence-electron chi connectivity index (χ3n) is 4.50. The summed E-state index contributed by atoms with van der Waals surface area (Å²) >= 11 is 0. The highest BCUT2D eigenvalue weighted by Gasteiger charge is 2.13. The molecule has 0 N–H and O–H groups in total. The number of nitrogens with zero attached hydrogens (tertiary/aromatic N) is 1. The maximum absolute atomic E-state index is 11.9. The number of halogens is 1. The van der Waals surface area contributed by atoms with Gasteiger partial charge in [-0.2, -0.15) is 0 Å². The molecule has 0 aliphatic carbocycles. The number of benzene rings is 1. The fraction of sp³-hybridized carbons (Fsp3) is 0.500. The minimum Gasteiger partial charge on any atom is -0.493 e. The standard InChI is InChI=1S/C18H25NO3.ClH/c1-11(19(5)6)9-10-21-16-8-7-15-12(2)13(3)18(20)22-17(15)14(16)4;/h7-8,11H,9-10H2,1-6H3;1H/t11-;/m0./s1. The van der Waals surface area contributed by atoms with Crippen LogP contribution in [0.1, 0.15) is 30.0 Å². The Bertz CT molecular complexity index is 737. The number of fused-ring (bicyclic) bond motifs is 1. The third-order valence-corrected chi connectivity index (χ3v) is 4.50. The zero-order chi connectivity index (χ0) is 16.4. The molecule has 0 saturated carbocycles. The zero-order valence-electron chi connectivity index (χ0n) is 14.7. The van der Waals surface area contributed by atoms with E-state index < -0.39 is 0 Å². The molecule has 0 aliphatic heterocycles. The van der Waals surface area contributed by atoms with Crippen molar-refractivity contribution in [3.8, 4) is 5.75 Å². The van der Waals surface area contributed by atoms with E-state index in [1.807, 2.05) is 26.0 Å². The van der Waals surface area contributed by atoms with Crippen LogP contribution in [0.5, 0.6) is 5.75 Å². The van der Waals surface area contributed by atoms with Gasteiger partial charge in [-0.1, -0.05) is 0 Å². The van der Waals surface area contributed by atoms with Crippen LogP contribution in [0.2, 0.25) is 0 Å². The van der Waals surface area contributed by atoms with Crippen molar-refractivity contribution < 1.29 is 9.15 Å². The van der Waals surface area contributed by atoms with Crippen molar-refractivity contribution in [2.45, 2.75) is 40.2 Å². The van der Waals surface area contributed by atoms with E-state index in [1.54, 1.807) is 6.92 Å². The topological polar surface area (TPSA) is 42.7 Å². The van der Waals surface area contributed by atoms with Gasteiger partial charge in [-0.15, -0.1) is 12.4 Å². The monoisotopic (exact) mass is 339 g/mol. The molecule has 0 spiro atoms. The van der Waals surface area contributed by atoms with Crippen LogP contribution < -0.4 is 10.4 Å². The first kappa shape index (κ1) is 19.5. The van der Waals surface area contributed by atoms with Gasteiger partial charge >= 0.3 is 5.63 Å². The quantitative estimate of drug-likeness (QED) is 0.776. The maximum Gasteiger partial charge on any atom is 0.339 e. The van der Waals surface area contributed by atoms with Crippen LogP contribution in [0, 0.1) is 20.8 Å². The van der Waals surface area contributed by atoms with Gasteiger partial charge in [0.2, 0.25) is 0 Å². The molecule has 0 radical (unpaired) electrons. The summed E-state index contributed by atoms with van der Waals surface area (Å²) in [5.41, 5.74) is 2.88. The molecule has 0 saturated heterocycles. The summed E-state index contributed by atoms with van der Waals surface area (Å²) in [5, 5.41) is 0.976. The molecule has 0 aliphatic rings. The van der Waals surface area contributed by atoms with Gasteiger partial charge in [0, 0.05) is 22.6 Å². The van der Waals surface area contributed by atoms with Gasteiger partial charge in [-0.25, -0.2) is 4.79 Å². The summed E-state index contributed by atoms with van der Waals surface area (Å²) in [4.78, 5) is 14.1. The van der Waals surface area contributed by atoms with Crippen molar-refractivity contribution in [2.24, 2.45) is 0 Å². The van der Waals surface area contributed by atoms with E-state index in [9.17, 15) is 4.79 Å². The highest BCUT2D eigenvalue weighted by atomic mass is 35.5. The van der Waals surface area contributed by atoms with E-state index >= 15 is 0 Å². The second kappa shape index (κ2) is 7.84. The Labute approximate surface area is 143 Å². The molecule has 1 aromatic carbocycles. The molecular formula is C18H26ClNO3. The fourth-order valence-electron chi connectivity index (χ4n) is 2.38. The summed E-state index contributed by atoms with van der Waals surface area (Å²) in [6.45, 7) is 8.49. The van der Waals surface area contributed by atoms with Crippen molar-refractivity contribution in [3.05, 3.63) is 39.2 Å². The van der Waals surface area contributed by atoms with E-state index in [0.29, 0.717) is 23.8 Å². The smallest absolute Gasteiger partial charge is 0.339 e. The van der Waals surface area contributed by atoms with E-state index in [-0.39, 0.29) is 18.0 Å². The Balaban J connectivity index is 0.00000264. The van der Waals surface area contributed by atoms with E-state index in [2.05, 4.69) is 25.9 Å². The van der Waals surface area contributed by atoms with Crippen molar-refractivity contribution in [1.29, 1.82) is 0 Å². The van der Waals surface area contributed by atoms with Crippen LogP contribution in [-0.4, -0.2) is 31.6 Å². The zero-order valence-corrected chi connectivity index (χ0v) is 15.5. The number of ether oxygens (including phenoxy) is 1. The lowest BCUT2D eigenvalue weighted by molar-refractivity contribution is 0.233. The molecular weight excluding hydrogens is 314 g/mol. The van der Waals surface area contributed by atoms with Gasteiger partial charge in [0.05, 0.1) is 6.61 Å². The van der Waals surface area contributed by atoms with Crippen LogP contribution in [0.3, 0.4) is 0 Å². The molecule has 0 unspecified atom stereocenters. The lowest BCUT2D eigenvalue weighted by atomic mass is 10.0. The first-order chi connectivity index (χ1) is 10.3. The third kappa shape index (κ3) is 4.06. The van der Waals surface area contributed by atoms with Crippen LogP contribution >= 0.6 is 12.4 Å². The molecule has 1 heterocycles. The molecule has 128 valence electrons. The van der Waals surface area contributed by atoms with Crippen molar-refractivity contribution in [3.63, 3.8) is 0 Å². The second-order valence-corrected chi connectivity index (χ2v) is 6.15. The predicted molar refractivity (Wildman–Crippen MR) is 97.2 cm³/mol. The lowest BCUT2D eigenvalue weighted by Crippen LogP contribution is -2.26. The van der Waals surface area contributed by atoms with Crippen molar-refractivity contribution >= 4 is 23.4 Å². The Morgan fingerprint density at radius 3 is 2.39 bits per heavy atom. The highest BCUT2D eigenvalue weighted by molar-refractivity contribution is 5.85. The Morgan fingerprint density at radius 2 is 1.78 bits per heavy atom. The molecule has 0 amide bonds. The summed E-state index contributed by atoms with van der Waals surface area (Å²) in [7, 11) is 4.12. The Morgan fingerprint density at radius 1 is 1.13 bits per heavy atom. The van der Waals surface area contributed by atoms with Gasteiger partial charge in [-0.05, 0) is 65.9 Å². The van der Waals surface area contributed by atoms with E-state index in [0.717, 1.165) is 28.7 Å².